The zero-order valence-corrected chi connectivity index (χ0v) is 8.59. The first kappa shape index (κ1) is 9.92. The minimum absolute atomic E-state index is 0.207. The molecule has 0 saturated carbocycles. The van der Waals surface area contributed by atoms with Gasteiger partial charge in [-0.25, -0.2) is 0 Å². The Balaban J connectivity index is 3.50. The first-order chi connectivity index (χ1) is 6.07. The van der Waals surface area contributed by atoms with Gasteiger partial charge in [-0.05, 0) is 35.0 Å². The lowest BCUT2D eigenvalue weighted by Crippen LogP contribution is -2.04. The molecule has 68 valence electrons. The van der Waals surface area contributed by atoms with Crippen LogP contribution < -0.4 is 5.73 Å². The maximum atomic E-state index is 11.1. The molecule has 0 aliphatic carbocycles. The molecule has 0 aliphatic heterocycles. The summed E-state index contributed by atoms with van der Waals surface area (Å²) in [6.45, 7) is 1.38. The quantitative estimate of drug-likeness (QED) is 0.490. The highest BCUT2D eigenvalue weighted by Crippen LogP contribution is 2.25. The van der Waals surface area contributed by atoms with Gasteiger partial charge in [0.1, 0.15) is 0 Å². The number of nitrogen functional groups attached to an aromatic ring is 1. The Morgan fingerprint density at radius 1 is 1.54 bits per heavy atom. The highest BCUT2D eigenvalue weighted by molar-refractivity contribution is 9.10. The van der Waals surface area contributed by atoms with Gasteiger partial charge in [0, 0.05) is 10.0 Å². The number of hydrogen-bond donors (Lipinski definition) is 1. The second-order valence-electron chi connectivity index (χ2n) is 2.60. The van der Waals surface area contributed by atoms with E-state index in [0.29, 0.717) is 22.0 Å². The summed E-state index contributed by atoms with van der Waals surface area (Å²) < 4.78 is 0.628. The fourth-order valence-electron chi connectivity index (χ4n) is 1.10. The van der Waals surface area contributed by atoms with Crippen molar-refractivity contribution < 1.29 is 9.59 Å². The lowest BCUT2D eigenvalue weighted by Gasteiger charge is -2.06. The standard InChI is InChI=1S/C9H8BrNO2/c1-5(13)8-6(4-12)2-3-7(10)9(8)11/h2-4H,11H2,1H3. The van der Waals surface area contributed by atoms with Crippen LogP contribution in [-0.4, -0.2) is 12.1 Å². The molecule has 1 rings (SSSR count). The van der Waals surface area contributed by atoms with Crippen LogP contribution in [0.4, 0.5) is 5.69 Å². The summed E-state index contributed by atoms with van der Waals surface area (Å²) in [5.41, 5.74) is 6.56. The molecule has 1 aromatic rings. The molecule has 3 nitrogen and oxygen atoms in total. The largest absolute Gasteiger partial charge is 0.397 e. The molecule has 0 heterocycles. The van der Waals surface area contributed by atoms with Crippen molar-refractivity contribution >= 4 is 33.7 Å². The van der Waals surface area contributed by atoms with Crippen LogP contribution in [0.3, 0.4) is 0 Å². The van der Waals surface area contributed by atoms with Crippen LogP contribution >= 0.6 is 15.9 Å². The Hall–Kier alpha value is -1.16. The summed E-state index contributed by atoms with van der Waals surface area (Å²) in [5, 5.41) is 0. The maximum absolute atomic E-state index is 11.1. The van der Waals surface area contributed by atoms with Crippen molar-refractivity contribution in [2.75, 3.05) is 5.73 Å². The van der Waals surface area contributed by atoms with Crippen molar-refractivity contribution in [3.8, 4) is 0 Å². The smallest absolute Gasteiger partial charge is 0.162 e. The van der Waals surface area contributed by atoms with Gasteiger partial charge in [-0.1, -0.05) is 0 Å². The van der Waals surface area contributed by atoms with Crippen molar-refractivity contribution in [3.05, 3.63) is 27.7 Å². The fourth-order valence-corrected chi connectivity index (χ4v) is 1.43. The van der Waals surface area contributed by atoms with Crippen molar-refractivity contribution in [2.45, 2.75) is 6.92 Å². The molecule has 0 spiro atoms. The third-order valence-electron chi connectivity index (χ3n) is 1.70. The van der Waals surface area contributed by atoms with Gasteiger partial charge in [-0.15, -0.1) is 0 Å². The molecule has 2 N–H and O–H groups in total. The van der Waals surface area contributed by atoms with Gasteiger partial charge < -0.3 is 5.73 Å². The molecule has 0 radical (unpaired) electrons. The molecule has 0 unspecified atom stereocenters. The third kappa shape index (κ3) is 1.78. The Kier molecular flexibility index (Phi) is 2.83. The zero-order chi connectivity index (χ0) is 10.0. The SMILES string of the molecule is CC(=O)c1c(C=O)ccc(Br)c1N. The van der Waals surface area contributed by atoms with Gasteiger partial charge in [-0.2, -0.15) is 0 Å². The Labute approximate surface area is 84.1 Å². The fraction of sp³-hybridized carbons (Fsp3) is 0.111. The summed E-state index contributed by atoms with van der Waals surface area (Å²) in [4.78, 5) is 21.7. The van der Waals surface area contributed by atoms with E-state index in [9.17, 15) is 9.59 Å². The van der Waals surface area contributed by atoms with Crippen LogP contribution in [0.5, 0.6) is 0 Å². The molecule has 0 bridgehead atoms. The zero-order valence-electron chi connectivity index (χ0n) is 7.00. The molecule has 13 heavy (non-hydrogen) atoms. The topological polar surface area (TPSA) is 60.2 Å². The number of carbonyl (C=O) groups is 2. The molecule has 0 saturated heterocycles. The molecule has 0 aromatic heterocycles. The Morgan fingerprint density at radius 3 is 2.62 bits per heavy atom. The second kappa shape index (κ2) is 3.70. The van der Waals surface area contributed by atoms with Gasteiger partial charge >= 0.3 is 0 Å². The van der Waals surface area contributed by atoms with E-state index in [2.05, 4.69) is 15.9 Å². The van der Waals surface area contributed by atoms with Gasteiger partial charge in [0.05, 0.1) is 11.3 Å². The average molecular weight is 242 g/mol. The van der Waals surface area contributed by atoms with Crippen LogP contribution in [0.15, 0.2) is 16.6 Å². The lowest BCUT2D eigenvalue weighted by molar-refractivity contribution is 0.101. The molecule has 4 heteroatoms. The van der Waals surface area contributed by atoms with Crippen LogP contribution in [0.2, 0.25) is 0 Å². The van der Waals surface area contributed by atoms with Gasteiger partial charge in [-0.3, -0.25) is 9.59 Å². The van der Waals surface area contributed by atoms with E-state index in [0.717, 1.165) is 0 Å². The van der Waals surface area contributed by atoms with E-state index in [4.69, 9.17) is 5.73 Å². The minimum Gasteiger partial charge on any atom is -0.397 e. The monoisotopic (exact) mass is 241 g/mol. The summed E-state index contributed by atoms with van der Waals surface area (Å²) in [6.07, 6.45) is 0.625. The third-order valence-corrected chi connectivity index (χ3v) is 2.40. The Morgan fingerprint density at radius 2 is 2.15 bits per heavy atom. The number of aldehydes is 1. The first-order valence-electron chi connectivity index (χ1n) is 3.62. The van der Waals surface area contributed by atoms with E-state index < -0.39 is 0 Å². The number of ketones is 1. The Bertz CT molecular complexity index is 374. The molecule has 1 aromatic carbocycles. The normalized spacial score (nSPS) is 9.69. The molecule has 0 aliphatic rings. The van der Waals surface area contributed by atoms with Gasteiger partial charge in [0.2, 0.25) is 0 Å². The van der Waals surface area contributed by atoms with Crippen molar-refractivity contribution in [2.24, 2.45) is 0 Å². The second-order valence-corrected chi connectivity index (χ2v) is 3.45. The van der Waals surface area contributed by atoms with Crippen molar-refractivity contribution in [3.63, 3.8) is 0 Å². The number of carbonyl (C=O) groups excluding carboxylic acids is 2. The molecule has 0 amide bonds. The number of Topliss-reactive ketones (excluding diaryl/α,β-unsaturated/α-hetero) is 1. The average Bonchev–Trinajstić information content (AvgIpc) is 2.08. The maximum Gasteiger partial charge on any atom is 0.162 e. The number of hydrogen-bond acceptors (Lipinski definition) is 3. The molecular formula is C9H8BrNO2. The molecule has 0 atom stereocenters. The van der Waals surface area contributed by atoms with Crippen molar-refractivity contribution in [1.82, 2.24) is 0 Å². The number of benzene rings is 1. The van der Waals surface area contributed by atoms with Crippen LogP contribution in [0.25, 0.3) is 0 Å². The van der Waals surface area contributed by atoms with Crippen LogP contribution in [-0.2, 0) is 0 Å². The number of nitrogens with two attached hydrogens (primary N) is 1. The van der Waals surface area contributed by atoms with Gasteiger partial charge in [0.25, 0.3) is 0 Å². The predicted molar refractivity (Wildman–Crippen MR) is 53.9 cm³/mol. The van der Waals surface area contributed by atoms with E-state index in [1.165, 1.54) is 6.92 Å². The van der Waals surface area contributed by atoms with E-state index in [1.807, 2.05) is 0 Å². The first-order valence-corrected chi connectivity index (χ1v) is 4.41. The molecule has 0 fully saturated rings. The minimum atomic E-state index is -0.207. The van der Waals surface area contributed by atoms with Crippen molar-refractivity contribution in [1.29, 1.82) is 0 Å². The number of rotatable bonds is 2. The number of anilines is 1. The summed E-state index contributed by atoms with van der Waals surface area (Å²) in [5.74, 6) is -0.207. The van der Waals surface area contributed by atoms with E-state index in [-0.39, 0.29) is 11.3 Å². The molecular weight excluding hydrogens is 234 g/mol. The summed E-state index contributed by atoms with van der Waals surface area (Å²) in [7, 11) is 0. The predicted octanol–water partition coefficient (Wildman–Crippen LogP) is 2.05. The number of halogens is 1. The van der Waals surface area contributed by atoms with E-state index in [1.54, 1.807) is 12.1 Å². The van der Waals surface area contributed by atoms with Crippen LogP contribution in [0, 0.1) is 0 Å². The highest BCUT2D eigenvalue weighted by Gasteiger charge is 2.12. The van der Waals surface area contributed by atoms with E-state index >= 15 is 0 Å². The lowest BCUT2D eigenvalue weighted by atomic mass is 10.0. The summed E-state index contributed by atoms with van der Waals surface area (Å²) >= 11 is 3.18. The van der Waals surface area contributed by atoms with Crippen LogP contribution in [0.1, 0.15) is 27.6 Å². The van der Waals surface area contributed by atoms with Gasteiger partial charge in [0.15, 0.2) is 12.1 Å². The highest BCUT2D eigenvalue weighted by atomic mass is 79.9. The summed E-state index contributed by atoms with van der Waals surface area (Å²) in [6, 6.07) is 3.20.